The highest BCUT2D eigenvalue weighted by Gasteiger charge is 2.03. The molecule has 1 heterocycles. The molecule has 0 fully saturated rings. The minimum Gasteiger partial charge on any atom is -0.438 e. The van der Waals surface area contributed by atoms with Gasteiger partial charge in [0.2, 0.25) is 5.88 Å². The van der Waals surface area contributed by atoms with E-state index >= 15 is 0 Å². The van der Waals surface area contributed by atoms with E-state index in [9.17, 15) is 0 Å². The zero-order valence-corrected chi connectivity index (χ0v) is 11.3. The van der Waals surface area contributed by atoms with Gasteiger partial charge in [0.15, 0.2) is 0 Å². The summed E-state index contributed by atoms with van der Waals surface area (Å²) in [6.45, 7) is 0. The van der Waals surface area contributed by atoms with E-state index in [-0.39, 0.29) is 0 Å². The molecule has 0 unspecified atom stereocenters. The summed E-state index contributed by atoms with van der Waals surface area (Å²) in [7, 11) is 0. The number of anilines is 1. The van der Waals surface area contributed by atoms with Crippen molar-refractivity contribution in [3.05, 3.63) is 45.5 Å². The first-order chi connectivity index (χ1) is 7.65. The van der Waals surface area contributed by atoms with Crippen LogP contribution in [0.1, 0.15) is 0 Å². The molecule has 0 saturated carbocycles. The lowest BCUT2D eigenvalue weighted by atomic mass is 10.3. The number of pyridine rings is 1. The molecule has 2 N–H and O–H groups in total. The number of aromatic nitrogens is 1. The van der Waals surface area contributed by atoms with Crippen molar-refractivity contribution in [2.24, 2.45) is 0 Å². The Balaban J connectivity index is 2.23. The summed E-state index contributed by atoms with van der Waals surface area (Å²) in [5, 5.41) is 0. The van der Waals surface area contributed by atoms with Gasteiger partial charge >= 0.3 is 0 Å². The van der Waals surface area contributed by atoms with Gasteiger partial charge in [-0.2, -0.15) is 0 Å². The maximum Gasteiger partial charge on any atom is 0.219 e. The first-order valence-electron chi connectivity index (χ1n) is 4.49. The Morgan fingerprint density at radius 1 is 1.12 bits per heavy atom. The molecule has 0 aliphatic carbocycles. The molecule has 82 valence electrons. The standard InChI is InChI=1S/C11H8Br2N2O/c12-7-1-3-10(9(13)5-7)16-11-4-2-8(14)6-15-11/h1-6H,14H2. The van der Waals surface area contributed by atoms with Crippen LogP contribution in [-0.4, -0.2) is 4.98 Å². The van der Waals surface area contributed by atoms with Crippen LogP contribution in [-0.2, 0) is 0 Å². The number of benzene rings is 1. The van der Waals surface area contributed by atoms with Crippen LogP contribution in [0.4, 0.5) is 5.69 Å². The number of nitrogens with zero attached hydrogens (tertiary/aromatic N) is 1. The topological polar surface area (TPSA) is 48.1 Å². The monoisotopic (exact) mass is 342 g/mol. The van der Waals surface area contributed by atoms with Gasteiger partial charge in [-0.3, -0.25) is 0 Å². The van der Waals surface area contributed by atoms with Crippen molar-refractivity contribution in [2.45, 2.75) is 0 Å². The van der Waals surface area contributed by atoms with E-state index in [1.165, 1.54) is 0 Å². The fourth-order valence-corrected chi connectivity index (χ4v) is 2.25. The Morgan fingerprint density at radius 3 is 2.56 bits per heavy atom. The first-order valence-corrected chi connectivity index (χ1v) is 6.08. The fourth-order valence-electron chi connectivity index (χ4n) is 1.12. The maximum atomic E-state index is 5.58. The summed E-state index contributed by atoms with van der Waals surface area (Å²) >= 11 is 6.79. The van der Waals surface area contributed by atoms with Crippen LogP contribution in [0.2, 0.25) is 0 Å². The third-order valence-electron chi connectivity index (χ3n) is 1.87. The zero-order valence-electron chi connectivity index (χ0n) is 8.15. The molecule has 2 rings (SSSR count). The van der Waals surface area contributed by atoms with E-state index in [0.29, 0.717) is 17.3 Å². The highest BCUT2D eigenvalue weighted by Crippen LogP contribution is 2.31. The zero-order chi connectivity index (χ0) is 11.5. The van der Waals surface area contributed by atoms with Crippen molar-refractivity contribution in [1.82, 2.24) is 4.98 Å². The summed E-state index contributed by atoms with van der Waals surface area (Å²) in [4.78, 5) is 4.06. The quantitative estimate of drug-likeness (QED) is 0.897. The predicted molar refractivity (Wildman–Crippen MR) is 70.6 cm³/mol. The van der Waals surface area contributed by atoms with E-state index in [1.807, 2.05) is 18.2 Å². The molecule has 0 amide bonds. The Labute approximate surface area is 110 Å². The second kappa shape index (κ2) is 4.84. The summed E-state index contributed by atoms with van der Waals surface area (Å²) in [5.74, 6) is 1.22. The predicted octanol–water partition coefficient (Wildman–Crippen LogP) is 3.98. The van der Waals surface area contributed by atoms with Gasteiger partial charge in [-0.1, -0.05) is 15.9 Å². The van der Waals surface area contributed by atoms with E-state index in [0.717, 1.165) is 8.95 Å². The van der Waals surface area contributed by atoms with Gasteiger partial charge in [0.1, 0.15) is 5.75 Å². The number of halogens is 2. The van der Waals surface area contributed by atoms with Gasteiger partial charge in [-0.05, 0) is 40.2 Å². The van der Waals surface area contributed by atoms with Crippen LogP contribution in [0.25, 0.3) is 0 Å². The number of nitrogen functional groups attached to an aromatic ring is 1. The van der Waals surface area contributed by atoms with Crippen LogP contribution in [0.15, 0.2) is 45.5 Å². The molecule has 0 saturated heterocycles. The van der Waals surface area contributed by atoms with Crippen molar-refractivity contribution in [1.29, 1.82) is 0 Å². The first kappa shape index (κ1) is 11.4. The lowest BCUT2D eigenvalue weighted by Gasteiger charge is -2.06. The average Bonchev–Trinajstić information content (AvgIpc) is 2.25. The second-order valence-corrected chi connectivity index (χ2v) is 4.88. The van der Waals surface area contributed by atoms with Crippen molar-refractivity contribution < 1.29 is 4.74 Å². The molecular weight excluding hydrogens is 336 g/mol. The third kappa shape index (κ3) is 2.74. The highest BCUT2D eigenvalue weighted by molar-refractivity contribution is 9.11. The normalized spacial score (nSPS) is 10.1. The lowest BCUT2D eigenvalue weighted by molar-refractivity contribution is 0.460. The highest BCUT2D eigenvalue weighted by atomic mass is 79.9. The van der Waals surface area contributed by atoms with Crippen LogP contribution >= 0.6 is 31.9 Å². The van der Waals surface area contributed by atoms with E-state index < -0.39 is 0 Å². The molecule has 0 aliphatic rings. The van der Waals surface area contributed by atoms with E-state index in [1.54, 1.807) is 18.3 Å². The van der Waals surface area contributed by atoms with Gasteiger partial charge in [0.25, 0.3) is 0 Å². The van der Waals surface area contributed by atoms with Crippen LogP contribution in [0, 0.1) is 0 Å². The largest absolute Gasteiger partial charge is 0.438 e. The SMILES string of the molecule is Nc1ccc(Oc2ccc(Br)cc2Br)nc1. The van der Waals surface area contributed by atoms with Crippen LogP contribution < -0.4 is 10.5 Å². The molecule has 3 nitrogen and oxygen atoms in total. The van der Waals surface area contributed by atoms with Gasteiger partial charge in [-0.25, -0.2) is 4.98 Å². The summed E-state index contributed by atoms with van der Waals surface area (Å²) < 4.78 is 7.43. The molecule has 2 aromatic rings. The Hall–Kier alpha value is -1.07. The Morgan fingerprint density at radius 2 is 1.94 bits per heavy atom. The van der Waals surface area contributed by atoms with E-state index in [4.69, 9.17) is 10.5 Å². The van der Waals surface area contributed by atoms with Crippen molar-refractivity contribution in [2.75, 3.05) is 5.73 Å². The molecule has 16 heavy (non-hydrogen) atoms. The molecule has 0 radical (unpaired) electrons. The number of nitrogens with two attached hydrogens (primary N) is 1. The molecule has 0 aliphatic heterocycles. The number of rotatable bonds is 2. The van der Waals surface area contributed by atoms with Gasteiger partial charge < -0.3 is 10.5 Å². The molecule has 0 atom stereocenters. The van der Waals surface area contributed by atoms with Gasteiger partial charge in [0.05, 0.1) is 16.4 Å². The molecule has 0 spiro atoms. The molecule has 5 heteroatoms. The average molecular weight is 344 g/mol. The fraction of sp³-hybridized carbons (Fsp3) is 0. The Bertz CT molecular complexity index is 500. The number of hydrogen-bond donors (Lipinski definition) is 1. The molecule has 1 aromatic heterocycles. The van der Waals surface area contributed by atoms with E-state index in [2.05, 4.69) is 36.8 Å². The maximum absolute atomic E-state index is 5.58. The molecule has 0 bridgehead atoms. The summed E-state index contributed by atoms with van der Waals surface area (Å²) in [5.41, 5.74) is 6.15. The molecule has 1 aromatic carbocycles. The summed E-state index contributed by atoms with van der Waals surface area (Å²) in [6.07, 6.45) is 1.56. The van der Waals surface area contributed by atoms with Crippen molar-refractivity contribution >= 4 is 37.5 Å². The van der Waals surface area contributed by atoms with Crippen LogP contribution in [0.5, 0.6) is 11.6 Å². The van der Waals surface area contributed by atoms with Gasteiger partial charge in [0, 0.05) is 10.5 Å². The molecular formula is C11H8Br2N2O. The minimum atomic E-state index is 0.511. The van der Waals surface area contributed by atoms with Gasteiger partial charge in [-0.15, -0.1) is 0 Å². The number of ether oxygens (including phenoxy) is 1. The number of hydrogen-bond acceptors (Lipinski definition) is 3. The van der Waals surface area contributed by atoms with Crippen LogP contribution in [0.3, 0.4) is 0 Å². The van der Waals surface area contributed by atoms with Crippen molar-refractivity contribution in [3.63, 3.8) is 0 Å². The Kier molecular flexibility index (Phi) is 3.46. The smallest absolute Gasteiger partial charge is 0.219 e. The van der Waals surface area contributed by atoms with Crippen molar-refractivity contribution in [3.8, 4) is 11.6 Å². The lowest BCUT2D eigenvalue weighted by Crippen LogP contribution is -1.90. The third-order valence-corrected chi connectivity index (χ3v) is 2.98. The second-order valence-electron chi connectivity index (χ2n) is 3.11. The summed E-state index contributed by atoms with van der Waals surface area (Å²) in [6, 6.07) is 9.13. The minimum absolute atomic E-state index is 0.511.